The van der Waals surface area contributed by atoms with E-state index in [1.165, 1.54) is 19.2 Å². The number of methoxy groups -OCH3 is 1. The molecule has 0 saturated carbocycles. The van der Waals surface area contributed by atoms with Gasteiger partial charge in [-0.25, -0.2) is 4.39 Å². The molecular formula is C32H29FN4O3. The molecule has 40 heavy (non-hydrogen) atoms. The van der Waals surface area contributed by atoms with Crippen molar-refractivity contribution in [3.05, 3.63) is 113 Å². The van der Waals surface area contributed by atoms with Gasteiger partial charge in [0.1, 0.15) is 11.6 Å². The number of nitrogens with one attached hydrogen (secondary N) is 1. The Hall–Kier alpha value is -4.90. The van der Waals surface area contributed by atoms with Gasteiger partial charge in [0.05, 0.1) is 31.5 Å². The molecule has 4 aromatic rings. The number of amides is 2. The van der Waals surface area contributed by atoms with E-state index in [1.807, 2.05) is 64.2 Å². The van der Waals surface area contributed by atoms with Crippen molar-refractivity contribution in [2.24, 2.45) is 0 Å². The fraction of sp³-hybridized carbons (Fsp3) is 0.219. The summed E-state index contributed by atoms with van der Waals surface area (Å²) >= 11 is 0. The number of rotatable bonds is 6. The Balaban J connectivity index is 1.12. The van der Waals surface area contributed by atoms with Crippen molar-refractivity contribution < 1.29 is 18.7 Å². The number of anilines is 1. The molecule has 0 bridgehead atoms. The van der Waals surface area contributed by atoms with Crippen LogP contribution in [-0.4, -0.2) is 46.7 Å². The van der Waals surface area contributed by atoms with Gasteiger partial charge in [-0.3, -0.25) is 14.3 Å². The Labute approximate surface area is 232 Å². The van der Waals surface area contributed by atoms with E-state index in [4.69, 9.17) is 4.74 Å². The SMILES string of the molecule is COc1cc(F)ccc1CC(=O)Nc1cnn(C2CCN(C(=O)c3ccc(C#Cc4ccccc4)cc3)CC2)c1. The molecule has 0 unspecified atom stereocenters. The Morgan fingerprint density at radius 2 is 1.70 bits per heavy atom. The Morgan fingerprint density at radius 3 is 2.40 bits per heavy atom. The van der Waals surface area contributed by atoms with Gasteiger partial charge in [0.2, 0.25) is 5.91 Å². The summed E-state index contributed by atoms with van der Waals surface area (Å²) in [6, 6.07) is 21.4. The van der Waals surface area contributed by atoms with Crippen molar-refractivity contribution in [1.29, 1.82) is 0 Å². The average molecular weight is 537 g/mol. The molecule has 1 aromatic heterocycles. The van der Waals surface area contributed by atoms with E-state index in [9.17, 15) is 14.0 Å². The molecule has 2 amide bonds. The van der Waals surface area contributed by atoms with E-state index < -0.39 is 5.82 Å². The maximum absolute atomic E-state index is 13.4. The number of carbonyl (C=O) groups is 2. The zero-order valence-electron chi connectivity index (χ0n) is 22.1. The summed E-state index contributed by atoms with van der Waals surface area (Å²) in [7, 11) is 1.44. The molecule has 1 fully saturated rings. The van der Waals surface area contributed by atoms with E-state index in [0.29, 0.717) is 35.7 Å². The molecule has 2 heterocycles. The van der Waals surface area contributed by atoms with Gasteiger partial charge in [-0.1, -0.05) is 36.1 Å². The molecule has 7 nitrogen and oxygen atoms in total. The first-order valence-corrected chi connectivity index (χ1v) is 13.1. The lowest BCUT2D eigenvalue weighted by atomic mass is 10.0. The second kappa shape index (κ2) is 12.3. The molecule has 1 N–H and O–H groups in total. The minimum absolute atomic E-state index is 0.00524. The van der Waals surface area contributed by atoms with Crippen LogP contribution in [0.5, 0.6) is 5.75 Å². The second-order valence-electron chi connectivity index (χ2n) is 9.61. The zero-order chi connectivity index (χ0) is 27.9. The summed E-state index contributed by atoms with van der Waals surface area (Å²) in [5.74, 6) is 5.93. The van der Waals surface area contributed by atoms with E-state index in [2.05, 4.69) is 22.3 Å². The van der Waals surface area contributed by atoms with E-state index in [1.54, 1.807) is 18.5 Å². The minimum Gasteiger partial charge on any atom is -0.496 e. The summed E-state index contributed by atoms with van der Waals surface area (Å²) < 4.78 is 20.4. The summed E-state index contributed by atoms with van der Waals surface area (Å²) in [5, 5.41) is 7.28. The predicted molar refractivity (Wildman–Crippen MR) is 151 cm³/mol. The third kappa shape index (κ3) is 6.56. The van der Waals surface area contributed by atoms with Crippen molar-refractivity contribution >= 4 is 17.5 Å². The van der Waals surface area contributed by atoms with Crippen molar-refractivity contribution in [2.45, 2.75) is 25.3 Å². The number of hydrogen-bond acceptors (Lipinski definition) is 4. The predicted octanol–water partition coefficient (Wildman–Crippen LogP) is 5.09. The molecule has 1 aliphatic rings. The van der Waals surface area contributed by atoms with Crippen LogP contribution in [0.25, 0.3) is 0 Å². The van der Waals surface area contributed by atoms with E-state index in [-0.39, 0.29) is 24.3 Å². The fourth-order valence-corrected chi connectivity index (χ4v) is 4.72. The first-order chi connectivity index (χ1) is 19.5. The fourth-order valence-electron chi connectivity index (χ4n) is 4.72. The summed E-state index contributed by atoms with van der Waals surface area (Å²) in [5.41, 5.74) is 3.63. The lowest BCUT2D eigenvalue weighted by molar-refractivity contribution is -0.115. The number of carbonyl (C=O) groups excluding carboxylic acids is 2. The monoisotopic (exact) mass is 536 g/mol. The molecule has 0 radical (unpaired) electrons. The highest BCUT2D eigenvalue weighted by Gasteiger charge is 2.25. The largest absolute Gasteiger partial charge is 0.496 e. The molecule has 0 atom stereocenters. The molecule has 5 rings (SSSR count). The Morgan fingerprint density at radius 1 is 1.00 bits per heavy atom. The first-order valence-electron chi connectivity index (χ1n) is 13.1. The highest BCUT2D eigenvalue weighted by Crippen LogP contribution is 2.25. The van der Waals surface area contributed by atoms with Gasteiger partial charge in [-0.2, -0.15) is 5.10 Å². The van der Waals surface area contributed by atoms with Crippen molar-refractivity contribution in [3.8, 4) is 17.6 Å². The normalized spacial score (nSPS) is 13.3. The lowest BCUT2D eigenvalue weighted by Gasteiger charge is -2.32. The number of piperidine rings is 1. The molecule has 3 aromatic carbocycles. The topological polar surface area (TPSA) is 76.5 Å². The van der Waals surface area contributed by atoms with Crippen LogP contribution in [0, 0.1) is 17.7 Å². The van der Waals surface area contributed by atoms with Crippen LogP contribution >= 0.6 is 0 Å². The summed E-state index contributed by atoms with van der Waals surface area (Å²) in [4.78, 5) is 27.5. The molecule has 1 aliphatic heterocycles. The molecular weight excluding hydrogens is 507 g/mol. The van der Waals surface area contributed by atoms with E-state index in [0.717, 1.165) is 24.0 Å². The third-order valence-electron chi connectivity index (χ3n) is 6.87. The van der Waals surface area contributed by atoms with Gasteiger partial charge < -0.3 is 15.0 Å². The standard InChI is InChI=1S/C32H29FN4O3/c1-40-30-20-27(33)14-13-26(30)19-31(38)35-28-21-34-37(22-28)29-15-17-36(18-16-29)32(39)25-11-9-24(10-12-25)8-7-23-5-3-2-4-6-23/h2-6,9-14,20-22,29H,15-19H2,1H3,(H,35,38). The second-order valence-corrected chi connectivity index (χ2v) is 9.61. The number of benzene rings is 3. The molecule has 8 heteroatoms. The van der Waals surface area contributed by atoms with Crippen molar-refractivity contribution in [1.82, 2.24) is 14.7 Å². The highest BCUT2D eigenvalue weighted by atomic mass is 19.1. The number of hydrogen-bond donors (Lipinski definition) is 1. The number of aromatic nitrogens is 2. The summed E-state index contributed by atoms with van der Waals surface area (Å²) in [6.07, 6.45) is 4.98. The van der Waals surface area contributed by atoms with Gasteiger partial charge >= 0.3 is 0 Å². The van der Waals surface area contributed by atoms with Crippen molar-refractivity contribution in [3.63, 3.8) is 0 Å². The highest BCUT2D eigenvalue weighted by molar-refractivity contribution is 5.94. The van der Waals surface area contributed by atoms with Crippen LogP contribution in [0.2, 0.25) is 0 Å². The molecule has 0 spiro atoms. The average Bonchev–Trinajstić information content (AvgIpc) is 3.45. The summed E-state index contributed by atoms with van der Waals surface area (Å²) in [6.45, 7) is 1.23. The molecule has 202 valence electrons. The zero-order valence-corrected chi connectivity index (χ0v) is 22.1. The quantitative estimate of drug-likeness (QED) is 0.349. The van der Waals surface area contributed by atoms with Crippen LogP contribution in [0.3, 0.4) is 0 Å². The van der Waals surface area contributed by atoms with Crippen molar-refractivity contribution in [2.75, 3.05) is 25.5 Å². The van der Waals surface area contributed by atoms with Gasteiger partial charge in [0.25, 0.3) is 5.91 Å². The van der Waals surface area contributed by atoms with Crippen LogP contribution in [0.4, 0.5) is 10.1 Å². The first kappa shape index (κ1) is 26.7. The Bertz CT molecular complexity index is 1550. The Kier molecular flexibility index (Phi) is 8.21. The van der Waals surface area contributed by atoms with Gasteiger partial charge in [-0.15, -0.1) is 0 Å². The van der Waals surface area contributed by atoms with Gasteiger partial charge in [0.15, 0.2) is 0 Å². The van der Waals surface area contributed by atoms with E-state index >= 15 is 0 Å². The number of halogens is 1. The van der Waals surface area contributed by atoms with Gasteiger partial charge in [-0.05, 0) is 55.3 Å². The van der Waals surface area contributed by atoms with Crippen LogP contribution in [0.1, 0.15) is 45.9 Å². The van der Waals surface area contributed by atoms with Crippen LogP contribution < -0.4 is 10.1 Å². The maximum atomic E-state index is 13.4. The molecule has 0 aliphatic carbocycles. The molecule has 1 saturated heterocycles. The number of ether oxygens (including phenoxy) is 1. The lowest BCUT2D eigenvalue weighted by Crippen LogP contribution is -2.39. The smallest absolute Gasteiger partial charge is 0.253 e. The third-order valence-corrected chi connectivity index (χ3v) is 6.87. The van der Waals surface area contributed by atoms with Crippen LogP contribution in [0.15, 0.2) is 85.2 Å². The van der Waals surface area contributed by atoms with Crippen LogP contribution in [-0.2, 0) is 11.2 Å². The number of nitrogens with zero attached hydrogens (tertiary/aromatic N) is 3. The maximum Gasteiger partial charge on any atom is 0.253 e. The number of likely N-dealkylation sites (tertiary alicyclic amines) is 1. The minimum atomic E-state index is -0.419. The van der Waals surface area contributed by atoms with Gasteiger partial charge in [0, 0.05) is 47.6 Å².